The Bertz CT molecular complexity index is 187. The maximum absolute atomic E-state index is 3.25. The first kappa shape index (κ1) is 4.85. The van der Waals surface area contributed by atoms with Gasteiger partial charge in [-0.3, -0.25) is 0 Å². The zero-order chi connectivity index (χ0) is 5.40. The fraction of sp³-hybridized carbons (Fsp3) is 0.143. The Hall–Kier alpha value is 0.00961. The molecule has 8 heavy (non-hydrogen) atoms. The first-order valence-corrected chi connectivity index (χ1v) is 5.28. The molecule has 0 N–H and O–H groups in total. The van der Waals surface area contributed by atoms with Crippen LogP contribution in [0.15, 0.2) is 27.9 Å². The van der Waals surface area contributed by atoms with Crippen LogP contribution in [0.3, 0.4) is 0 Å². The Labute approximate surface area is 59.1 Å². The summed E-state index contributed by atoms with van der Waals surface area (Å²) in [6, 6.07) is 0. The van der Waals surface area contributed by atoms with Gasteiger partial charge in [0.2, 0.25) is 0 Å². The van der Waals surface area contributed by atoms with Crippen LogP contribution in [-0.4, -0.2) is 20.9 Å². The van der Waals surface area contributed by atoms with E-state index in [0.29, 0.717) is 0 Å². The molecule has 0 fully saturated rings. The standard InChI is InChI=1S/C7H5Te/c1-2-6-4-5-8-7(6)3-1/h1-3,5,7H. The van der Waals surface area contributed by atoms with E-state index in [9.17, 15) is 0 Å². The topological polar surface area (TPSA) is 0 Å². The van der Waals surface area contributed by atoms with Crippen LogP contribution in [0.25, 0.3) is 0 Å². The first-order valence-electron chi connectivity index (χ1n) is 2.59. The molecule has 0 saturated heterocycles. The van der Waals surface area contributed by atoms with Crippen molar-refractivity contribution in [3.63, 3.8) is 0 Å². The minimum atomic E-state index is 0.151. The summed E-state index contributed by atoms with van der Waals surface area (Å²) in [4.78, 5) is 0. The maximum atomic E-state index is 3.25. The zero-order valence-electron chi connectivity index (χ0n) is 4.29. The van der Waals surface area contributed by atoms with Crippen LogP contribution in [0.2, 0.25) is 3.97 Å². The van der Waals surface area contributed by atoms with Crippen molar-refractivity contribution in [2.24, 2.45) is 0 Å². The second-order valence-corrected chi connectivity index (χ2v) is 4.72. The monoisotopic (exact) mass is 219 g/mol. The van der Waals surface area contributed by atoms with Crippen molar-refractivity contribution in [3.8, 4) is 0 Å². The molecule has 2 aliphatic rings. The van der Waals surface area contributed by atoms with E-state index in [2.05, 4.69) is 28.4 Å². The molecule has 1 heteroatoms. The van der Waals surface area contributed by atoms with Gasteiger partial charge in [-0.15, -0.1) is 0 Å². The van der Waals surface area contributed by atoms with Gasteiger partial charge < -0.3 is 0 Å². The van der Waals surface area contributed by atoms with Crippen LogP contribution in [-0.2, 0) is 0 Å². The van der Waals surface area contributed by atoms with E-state index in [1.165, 1.54) is 5.57 Å². The molecule has 0 spiro atoms. The molecule has 0 bridgehead atoms. The molecule has 1 radical (unpaired) electrons. The van der Waals surface area contributed by atoms with Gasteiger partial charge in [-0.1, -0.05) is 0 Å². The summed E-state index contributed by atoms with van der Waals surface area (Å²) in [5.41, 5.74) is 1.42. The van der Waals surface area contributed by atoms with E-state index in [1.54, 1.807) is 0 Å². The number of hydrogen-bond donors (Lipinski definition) is 0. The molecule has 1 heterocycles. The molecule has 0 amide bonds. The zero-order valence-corrected chi connectivity index (χ0v) is 6.63. The third-order valence-corrected chi connectivity index (χ3v) is 4.04. The summed E-state index contributed by atoms with van der Waals surface area (Å²) >= 11 is 0.151. The van der Waals surface area contributed by atoms with Crippen LogP contribution in [0.5, 0.6) is 0 Å². The first-order chi connectivity index (χ1) is 3.97. The Balaban J connectivity index is 2.39. The van der Waals surface area contributed by atoms with Gasteiger partial charge in [-0.25, -0.2) is 0 Å². The summed E-state index contributed by atoms with van der Waals surface area (Å²) in [7, 11) is 0. The van der Waals surface area contributed by atoms with Gasteiger partial charge in [0.15, 0.2) is 0 Å². The van der Waals surface area contributed by atoms with Crippen molar-refractivity contribution in [2.45, 2.75) is 3.97 Å². The second-order valence-electron chi connectivity index (χ2n) is 1.83. The van der Waals surface area contributed by atoms with Crippen LogP contribution in [0.1, 0.15) is 0 Å². The predicted octanol–water partition coefficient (Wildman–Crippen LogP) is 1.31. The SMILES string of the molecule is [C]1=C[Te]C2C=CC=C12. The molecule has 1 aliphatic carbocycles. The van der Waals surface area contributed by atoms with E-state index in [-0.39, 0.29) is 20.9 Å². The van der Waals surface area contributed by atoms with Gasteiger partial charge in [0.1, 0.15) is 0 Å². The van der Waals surface area contributed by atoms with Crippen LogP contribution < -0.4 is 0 Å². The third-order valence-electron chi connectivity index (χ3n) is 1.31. The Kier molecular flexibility index (Phi) is 1.06. The third kappa shape index (κ3) is 0.588. The van der Waals surface area contributed by atoms with Gasteiger partial charge in [-0.2, -0.15) is 0 Å². The van der Waals surface area contributed by atoms with Crippen molar-refractivity contribution in [2.75, 3.05) is 0 Å². The average Bonchev–Trinajstić information content (AvgIpc) is 2.15. The van der Waals surface area contributed by atoms with Gasteiger partial charge in [0.05, 0.1) is 0 Å². The molecule has 0 aromatic rings. The van der Waals surface area contributed by atoms with Gasteiger partial charge in [0, 0.05) is 0 Å². The van der Waals surface area contributed by atoms with E-state index in [1.807, 2.05) is 0 Å². The number of rotatable bonds is 0. The number of allylic oxidation sites excluding steroid dienone is 5. The van der Waals surface area contributed by atoms with Gasteiger partial charge >= 0.3 is 58.9 Å². The van der Waals surface area contributed by atoms with E-state index in [0.717, 1.165) is 3.97 Å². The van der Waals surface area contributed by atoms with E-state index < -0.39 is 0 Å². The normalized spacial score (nSPS) is 31.0. The molecule has 0 aromatic heterocycles. The van der Waals surface area contributed by atoms with Crippen LogP contribution >= 0.6 is 0 Å². The van der Waals surface area contributed by atoms with Gasteiger partial charge in [-0.05, 0) is 0 Å². The molecule has 2 rings (SSSR count). The van der Waals surface area contributed by atoms with Crippen molar-refractivity contribution < 1.29 is 0 Å². The molecule has 0 nitrogen and oxygen atoms in total. The van der Waals surface area contributed by atoms with Crippen molar-refractivity contribution in [1.29, 1.82) is 0 Å². The second kappa shape index (κ2) is 1.76. The summed E-state index contributed by atoms with van der Waals surface area (Å²) in [5.74, 6) is 0. The minimum absolute atomic E-state index is 0.151. The molecule has 1 aliphatic heterocycles. The van der Waals surface area contributed by atoms with Crippen molar-refractivity contribution in [1.82, 2.24) is 0 Å². The molecule has 0 saturated carbocycles. The Morgan fingerprint density at radius 3 is 3.50 bits per heavy atom. The van der Waals surface area contributed by atoms with Gasteiger partial charge in [0.25, 0.3) is 0 Å². The fourth-order valence-electron chi connectivity index (χ4n) is 0.883. The molecule has 0 aromatic carbocycles. The van der Waals surface area contributed by atoms with Crippen LogP contribution in [0.4, 0.5) is 0 Å². The summed E-state index contributed by atoms with van der Waals surface area (Å²) in [5, 5.41) is 0. The summed E-state index contributed by atoms with van der Waals surface area (Å²) in [6.45, 7) is 0. The van der Waals surface area contributed by atoms with Crippen molar-refractivity contribution >= 4 is 20.9 Å². The number of fused-ring (bicyclic) bond motifs is 1. The average molecular weight is 217 g/mol. The summed E-state index contributed by atoms with van der Waals surface area (Å²) in [6.07, 6.45) is 9.84. The quantitative estimate of drug-likeness (QED) is 0.536. The Morgan fingerprint density at radius 1 is 1.62 bits per heavy atom. The molecular formula is C7H5Te. The number of hydrogen-bond acceptors (Lipinski definition) is 0. The van der Waals surface area contributed by atoms with Crippen molar-refractivity contribution in [3.05, 3.63) is 34.0 Å². The van der Waals surface area contributed by atoms with Crippen LogP contribution in [0, 0.1) is 6.08 Å². The van der Waals surface area contributed by atoms with E-state index in [4.69, 9.17) is 0 Å². The molecule has 1 unspecified atom stereocenters. The fourth-order valence-corrected chi connectivity index (χ4v) is 3.24. The summed E-state index contributed by atoms with van der Waals surface area (Å²) < 4.78 is 3.06. The van der Waals surface area contributed by atoms with E-state index >= 15 is 0 Å². The molecular weight excluding hydrogens is 212 g/mol. The predicted molar refractivity (Wildman–Crippen MR) is 34.5 cm³/mol. The Morgan fingerprint density at radius 2 is 2.62 bits per heavy atom. The molecule has 1 atom stereocenters. The molecule has 39 valence electrons.